The van der Waals surface area contributed by atoms with Gasteiger partial charge in [-0.1, -0.05) is 12.1 Å². The van der Waals surface area contributed by atoms with Crippen LogP contribution in [-0.4, -0.2) is 26.9 Å². The minimum atomic E-state index is -3.72. The molecule has 7 heteroatoms. The normalized spacial score (nSPS) is 21.4. The molecule has 21 heavy (non-hydrogen) atoms. The Morgan fingerprint density at radius 3 is 2.86 bits per heavy atom. The summed E-state index contributed by atoms with van der Waals surface area (Å²) in [7, 11) is -3.72. The molecule has 2 unspecified atom stereocenters. The number of hydrogen-bond donors (Lipinski definition) is 3. The second-order valence-electron chi connectivity index (χ2n) is 5.35. The highest BCUT2D eigenvalue weighted by molar-refractivity contribution is 7.89. The van der Waals surface area contributed by atoms with Crippen molar-refractivity contribution in [2.24, 2.45) is 5.14 Å². The van der Waals surface area contributed by atoms with Gasteiger partial charge in [0.2, 0.25) is 15.9 Å². The highest BCUT2D eigenvalue weighted by Crippen LogP contribution is 2.18. The molecule has 1 heterocycles. The molecule has 1 amide bonds. The molecule has 0 bridgehead atoms. The average Bonchev–Trinajstić information content (AvgIpc) is 2.63. The van der Waals surface area contributed by atoms with Crippen LogP contribution < -0.4 is 15.8 Å². The van der Waals surface area contributed by atoms with Crippen LogP contribution in [0.25, 0.3) is 0 Å². The van der Waals surface area contributed by atoms with Crippen molar-refractivity contribution in [1.29, 1.82) is 0 Å². The van der Waals surface area contributed by atoms with Gasteiger partial charge in [0.25, 0.3) is 0 Å². The van der Waals surface area contributed by atoms with Crippen molar-refractivity contribution in [1.82, 2.24) is 10.6 Å². The lowest BCUT2D eigenvalue weighted by Gasteiger charge is -2.21. The number of nitrogens with one attached hydrogen (secondary N) is 2. The van der Waals surface area contributed by atoms with Gasteiger partial charge in [-0.2, -0.15) is 0 Å². The molecule has 1 aromatic carbocycles. The van der Waals surface area contributed by atoms with Crippen molar-refractivity contribution < 1.29 is 13.2 Å². The molecule has 116 valence electrons. The summed E-state index contributed by atoms with van der Waals surface area (Å²) in [6, 6.07) is 6.09. The highest BCUT2D eigenvalue weighted by atomic mass is 32.2. The van der Waals surface area contributed by atoms with E-state index in [1.807, 2.05) is 13.0 Å². The summed E-state index contributed by atoms with van der Waals surface area (Å²) in [5, 5.41) is 11.3. The van der Waals surface area contributed by atoms with Gasteiger partial charge in [0, 0.05) is 12.6 Å². The van der Waals surface area contributed by atoms with Crippen LogP contribution in [0.3, 0.4) is 0 Å². The molecule has 2 atom stereocenters. The lowest BCUT2D eigenvalue weighted by atomic mass is 10.1. The number of rotatable bonds is 4. The van der Waals surface area contributed by atoms with Crippen molar-refractivity contribution in [3.05, 3.63) is 29.8 Å². The quantitative estimate of drug-likeness (QED) is 0.760. The molecule has 0 spiro atoms. The number of carbonyl (C=O) groups is 1. The first kappa shape index (κ1) is 15.9. The summed E-state index contributed by atoms with van der Waals surface area (Å²) in [6.45, 7) is 2.62. The molecule has 0 aromatic heterocycles. The van der Waals surface area contributed by atoms with Crippen LogP contribution in [0.2, 0.25) is 0 Å². The number of carbonyl (C=O) groups excluding carboxylic acids is 1. The van der Waals surface area contributed by atoms with E-state index in [1.165, 1.54) is 6.07 Å². The molecule has 1 aliphatic heterocycles. The Morgan fingerprint density at radius 2 is 2.14 bits per heavy atom. The van der Waals surface area contributed by atoms with E-state index in [9.17, 15) is 13.2 Å². The molecule has 1 fully saturated rings. The Morgan fingerprint density at radius 1 is 1.38 bits per heavy atom. The van der Waals surface area contributed by atoms with Crippen LogP contribution >= 0.6 is 0 Å². The van der Waals surface area contributed by atoms with Crippen LogP contribution in [0, 0.1) is 0 Å². The second-order valence-corrected chi connectivity index (χ2v) is 6.91. The molecule has 2 rings (SSSR count). The summed E-state index contributed by atoms with van der Waals surface area (Å²) in [5.74, 6) is 0.00181. The Kier molecular flexibility index (Phi) is 4.97. The van der Waals surface area contributed by atoms with Crippen LogP contribution in [0.5, 0.6) is 0 Å². The summed E-state index contributed by atoms with van der Waals surface area (Å²) < 4.78 is 22.8. The minimum Gasteiger partial charge on any atom is -0.355 e. The van der Waals surface area contributed by atoms with E-state index in [4.69, 9.17) is 5.14 Å². The zero-order valence-corrected chi connectivity index (χ0v) is 12.8. The monoisotopic (exact) mass is 311 g/mol. The van der Waals surface area contributed by atoms with Crippen molar-refractivity contribution >= 4 is 15.9 Å². The van der Waals surface area contributed by atoms with E-state index in [0.717, 1.165) is 24.8 Å². The van der Waals surface area contributed by atoms with E-state index in [0.29, 0.717) is 6.54 Å². The number of primary sulfonamides is 1. The topological polar surface area (TPSA) is 101 Å². The van der Waals surface area contributed by atoms with Gasteiger partial charge in [-0.3, -0.25) is 10.1 Å². The fourth-order valence-corrected chi connectivity index (χ4v) is 3.03. The molecular weight excluding hydrogens is 290 g/mol. The lowest BCUT2D eigenvalue weighted by Crippen LogP contribution is -2.43. The number of hydrogen-bond acceptors (Lipinski definition) is 4. The average molecular weight is 311 g/mol. The first-order chi connectivity index (χ1) is 9.88. The van der Waals surface area contributed by atoms with Gasteiger partial charge in [-0.05, 0) is 43.9 Å². The molecule has 4 N–H and O–H groups in total. The van der Waals surface area contributed by atoms with Gasteiger partial charge >= 0.3 is 0 Å². The Balaban J connectivity index is 2.12. The Labute approximate surface area is 125 Å². The first-order valence-electron chi connectivity index (χ1n) is 7.04. The zero-order chi connectivity index (χ0) is 15.5. The van der Waals surface area contributed by atoms with Crippen molar-refractivity contribution in [3.8, 4) is 0 Å². The van der Waals surface area contributed by atoms with E-state index in [2.05, 4.69) is 10.6 Å². The summed E-state index contributed by atoms with van der Waals surface area (Å²) in [4.78, 5) is 12.0. The molecule has 1 saturated heterocycles. The fraction of sp³-hybridized carbons (Fsp3) is 0.500. The second kappa shape index (κ2) is 6.55. The third-order valence-corrected chi connectivity index (χ3v) is 4.58. The maximum Gasteiger partial charge on any atom is 0.238 e. The number of benzene rings is 1. The molecule has 1 aliphatic rings. The Hall–Kier alpha value is -1.44. The van der Waals surface area contributed by atoms with Crippen LogP contribution in [0.1, 0.15) is 37.8 Å². The predicted octanol–water partition coefficient (Wildman–Crippen LogP) is 0.653. The van der Waals surface area contributed by atoms with Crippen LogP contribution in [0.15, 0.2) is 29.2 Å². The number of nitrogens with two attached hydrogens (primary N) is 1. The molecule has 0 saturated carbocycles. The Bertz CT molecular complexity index is 616. The molecule has 0 aliphatic carbocycles. The van der Waals surface area contributed by atoms with E-state index >= 15 is 0 Å². The third-order valence-electron chi connectivity index (χ3n) is 3.67. The van der Waals surface area contributed by atoms with Crippen LogP contribution in [0.4, 0.5) is 0 Å². The number of sulfonamides is 1. The van der Waals surface area contributed by atoms with E-state index in [-0.39, 0.29) is 22.9 Å². The molecule has 0 radical (unpaired) electrons. The summed E-state index contributed by atoms with van der Waals surface area (Å²) in [6.07, 6.45) is 2.75. The van der Waals surface area contributed by atoms with E-state index < -0.39 is 10.0 Å². The van der Waals surface area contributed by atoms with Gasteiger partial charge < -0.3 is 5.32 Å². The van der Waals surface area contributed by atoms with Crippen molar-refractivity contribution in [2.45, 2.75) is 43.2 Å². The van der Waals surface area contributed by atoms with Gasteiger partial charge in [-0.15, -0.1) is 0 Å². The standard InChI is InChI=1S/C14H21N3O3S/c1-10(17-13-7-2-3-8-16-14(13)18)11-5-4-6-12(9-11)21(15,19)20/h4-6,9-10,13,17H,2-3,7-8H2,1H3,(H,16,18)(H2,15,19,20). The summed E-state index contributed by atoms with van der Waals surface area (Å²) >= 11 is 0. The predicted molar refractivity (Wildman–Crippen MR) is 80.0 cm³/mol. The van der Waals surface area contributed by atoms with E-state index in [1.54, 1.807) is 12.1 Å². The first-order valence-corrected chi connectivity index (χ1v) is 8.59. The summed E-state index contributed by atoms with van der Waals surface area (Å²) in [5.41, 5.74) is 0.790. The largest absolute Gasteiger partial charge is 0.355 e. The SMILES string of the molecule is CC(NC1CCCCNC1=O)c1cccc(S(N)(=O)=O)c1. The van der Waals surface area contributed by atoms with Crippen LogP contribution in [-0.2, 0) is 14.8 Å². The van der Waals surface area contributed by atoms with Gasteiger partial charge in [0.15, 0.2) is 0 Å². The van der Waals surface area contributed by atoms with Crippen molar-refractivity contribution in [3.63, 3.8) is 0 Å². The molecular formula is C14H21N3O3S. The van der Waals surface area contributed by atoms with Gasteiger partial charge in [0.1, 0.15) is 0 Å². The van der Waals surface area contributed by atoms with Gasteiger partial charge in [-0.25, -0.2) is 13.6 Å². The van der Waals surface area contributed by atoms with Gasteiger partial charge in [0.05, 0.1) is 10.9 Å². The number of amides is 1. The minimum absolute atomic E-state index is 0.00181. The lowest BCUT2D eigenvalue weighted by molar-refractivity contribution is -0.123. The molecule has 1 aromatic rings. The zero-order valence-electron chi connectivity index (χ0n) is 12.0. The van der Waals surface area contributed by atoms with Crippen molar-refractivity contribution in [2.75, 3.05) is 6.54 Å². The smallest absolute Gasteiger partial charge is 0.238 e. The maximum atomic E-state index is 11.9. The maximum absolute atomic E-state index is 11.9. The third kappa shape index (κ3) is 4.26. The fourth-order valence-electron chi connectivity index (χ4n) is 2.46. The highest BCUT2D eigenvalue weighted by Gasteiger charge is 2.22. The molecule has 6 nitrogen and oxygen atoms in total.